The number of carbonyl (C=O) groups is 1. The summed E-state index contributed by atoms with van der Waals surface area (Å²) in [6.07, 6.45) is 0. The number of hydrogen-bond donors (Lipinski definition) is 0. The van der Waals surface area contributed by atoms with Gasteiger partial charge in [0.15, 0.2) is 5.78 Å². The number of rotatable bonds is 3. The fourth-order valence-corrected chi connectivity index (χ4v) is 3.09. The SMILES string of the molecule is CC(=O)c1ccc(N2CCN(C(C)C)CC2)c(Br)c1. The third kappa shape index (κ3) is 3.37. The Bertz CT molecular complexity index is 465. The number of hydrogen-bond acceptors (Lipinski definition) is 3. The zero-order chi connectivity index (χ0) is 14.0. The van der Waals surface area contributed by atoms with E-state index in [1.165, 1.54) is 5.69 Å². The van der Waals surface area contributed by atoms with Gasteiger partial charge in [-0.15, -0.1) is 0 Å². The van der Waals surface area contributed by atoms with Crippen LogP contribution < -0.4 is 4.90 Å². The number of Topliss-reactive ketones (excluding diaryl/α,β-unsaturated/α-hetero) is 1. The highest BCUT2D eigenvalue weighted by Crippen LogP contribution is 2.28. The van der Waals surface area contributed by atoms with Crippen molar-refractivity contribution < 1.29 is 4.79 Å². The molecule has 4 heteroatoms. The Kier molecular flexibility index (Phi) is 4.63. The van der Waals surface area contributed by atoms with Crippen LogP contribution in [0, 0.1) is 0 Å². The molecule has 2 rings (SSSR count). The molecule has 0 bridgehead atoms. The standard InChI is InChI=1S/C15H21BrN2O/c1-11(2)17-6-8-18(9-7-17)15-5-4-13(12(3)19)10-14(15)16/h4-5,10-11H,6-9H2,1-3H3. The summed E-state index contributed by atoms with van der Waals surface area (Å²) in [7, 11) is 0. The summed E-state index contributed by atoms with van der Waals surface area (Å²) in [4.78, 5) is 16.2. The Morgan fingerprint density at radius 1 is 1.21 bits per heavy atom. The maximum atomic E-state index is 11.4. The van der Waals surface area contributed by atoms with E-state index in [1.807, 2.05) is 18.2 Å². The van der Waals surface area contributed by atoms with Crippen LogP contribution in [0.1, 0.15) is 31.1 Å². The Morgan fingerprint density at radius 2 is 1.84 bits per heavy atom. The molecular formula is C15H21BrN2O. The van der Waals surface area contributed by atoms with Gasteiger partial charge in [0.25, 0.3) is 0 Å². The lowest BCUT2D eigenvalue weighted by Gasteiger charge is -2.38. The Hall–Kier alpha value is -0.870. The van der Waals surface area contributed by atoms with Crippen molar-refractivity contribution in [1.82, 2.24) is 4.90 Å². The molecule has 1 aromatic rings. The molecule has 0 saturated carbocycles. The molecule has 1 saturated heterocycles. The summed E-state index contributed by atoms with van der Waals surface area (Å²) < 4.78 is 1.01. The van der Waals surface area contributed by atoms with Gasteiger partial charge in [-0.3, -0.25) is 9.69 Å². The lowest BCUT2D eigenvalue weighted by Crippen LogP contribution is -2.49. The van der Waals surface area contributed by atoms with E-state index in [0.29, 0.717) is 6.04 Å². The molecule has 1 aromatic carbocycles. The maximum absolute atomic E-state index is 11.4. The van der Waals surface area contributed by atoms with E-state index in [1.54, 1.807) is 6.92 Å². The van der Waals surface area contributed by atoms with E-state index in [4.69, 9.17) is 0 Å². The summed E-state index contributed by atoms with van der Waals surface area (Å²) in [6, 6.07) is 6.50. The third-order valence-electron chi connectivity index (χ3n) is 3.74. The highest BCUT2D eigenvalue weighted by atomic mass is 79.9. The largest absolute Gasteiger partial charge is 0.368 e. The van der Waals surface area contributed by atoms with Crippen LogP contribution >= 0.6 is 15.9 Å². The molecule has 1 heterocycles. The van der Waals surface area contributed by atoms with Gasteiger partial charge in [-0.25, -0.2) is 0 Å². The van der Waals surface area contributed by atoms with Crippen molar-refractivity contribution >= 4 is 27.4 Å². The van der Waals surface area contributed by atoms with E-state index in [2.05, 4.69) is 39.6 Å². The molecule has 1 aliphatic rings. The zero-order valence-corrected chi connectivity index (χ0v) is 13.4. The van der Waals surface area contributed by atoms with Crippen LogP contribution in [0.3, 0.4) is 0 Å². The van der Waals surface area contributed by atoms with Crippen molar-refractivity contribution in [1.29, 1.82) is 0 Å². The molecule has 0 unspecified atom stereocenters. The highest BCUT2D eigenvalue weighted by molar-refractivity contribution is 9.10. The average Bonchev–Trinajstić information content (AvgIpc) is 2.38. The first kappa shape index (κ1) is 14.5. The lowest BCUT2D eigenvalue weighted by molar-refractivity contribution is 0.101. The average molecular weight is 325 g/mol. The predicted octanol–water partition coefficient (Wildman–Crippen LogP) is 3.18. The molecule has 0 aliphatic carbocycles. The van der Waals surface area contributed by atoms with Crippen LogP contribution in [-0.2, 0) is 0 Å². The van der Waals surface area contributed by atoms with E-state index in [-0.39, 0.29) is 5.78 Å². The van der Waals surface area contributed by atoms with Crippen LogP contribution in [0.5, 0.6) is 0 Å². The van der Waals surface area contributed by atoms with Gasteiger partial charge < -0.3 is 4.90 Å². The summed E-state index contributed by atoms with van der Waals surface area (Å²) in [5.74, 6) is 0.108. The van der Waals surface area contributed by atoms with Gasteiger partial charge in [-0.1, -0.05) is 0 Å². The van der Waals surface area contributed by atoms with Gasteiger partial charge in [0.1, 0.15) is 0 Å². The van der Waals surface area contributed by atoms with E-state index in [0.717, 1.165) is 36.2 Å². The first-order valence-corrected chi connectivity index (χ1v) is 7.58. The van der Waals surface area contributed by atoms with Gasteiger partial charge in [0.2, 0.25) is 0 Å². The summed E-state index contributed by atoms with van der Waals surface area (Å²) in [5, 5.41) is 0. The van der Waals surface area contributed by atoms with Crippen molar-refractivity contribution in [3.8, 4) is 0 Å². The van der Waals surface area contributed by atoms with Gasteiger partial charge in [-0.05, 0) is 54.9 Å². The second-order valence-electron chi connectivity index (χ2n) is 5.34. The number of carbonyl (C=O) groups excluding carboxylic acids is 1. The molecule has 1 aliphatic heterocycles. The summed E-state index contributed by atoms with van der Waals surface area (Å²) in [6.45, 7) is 10.4. The Labute approximate surface area is 123 Å². The molecule has 104 valence electrons. The first-order chi connectivity index (χ1) is 8.99. The smallest absolute Gasteiger partial charge is 0.159 e. The molecule has 19 heavy (non-hydrogen) atoms. The van der Waals surface area contributed by atoms with Crippen LogP contribution in [0.25, 0.3) is 0 Å². The molecular weight excluding hydrogens is 304 g/mol. The molecule has 0 atom stereocenters. The fourth-order valence-electron chi connectivity index (χ4n) is 2.46. The van der Waals surface area contributed by atoms with E-state index in [9.17, 15) is 4.79 Å². The highest BCUT2D eigenvalue weighted by Gasteiger charge is 2.20. The molecule has 1 fully saturated rings. The van der Waals surface area contributed by atoms with Crippen molar-refractivity contribution in [3.63, 3.8) is 0 Å². The van der Waals surface area contributed by atoms with Crippen LogP contribution in [0.2, 0.25) is 0 Å². The van der Waals surface area contributed by atoms with E-state index < -0.39 is 0 Å². The summed E-state index contributed by atoms with van der Waals surface area (Å²) >= 11 is 3.59. The second kappa shape index (κ2) is 6.06. The van der Waals surface area contributed by atoms with Crippen LogP contribution in [-0.4, -0.2) is 42.9 Å². The predicted molar refractivity (Wildman–Crippen MR) is 83.1 cm³/mol. The van der Waals surface area contributed by atoms with Gasteiger partial charge in [0.05, 0.1) is 5.69 Å². The van der Waals surface area contributed by atoms with Crippen molar-refractivity contribution in [2.24, 2.45) is 0 Å². The molecule has 0 N–H and O–H groups in total. The lowest BCUT2D eigenvalue weighted by atomic mass is 10.1. The number of nitrogens with zero attached hydrogens (tertiary/aromatic N) is 2. The first-order valence-electron chi connectivity index (χ1n) is 6.78. The van der Waals surface area contributed by atoms with E-state index >= 15 is 0 Å². The molecule has 0 radical (unpaired) electrons. The number of anilines is 1. The second-order valence-corrected chi connectivity index (χ2v) is 6.19. The number of benzene rings is 1. The number of piperazine rings is 1. The minimum absolute atomic E-state index is 0.108. The quantitative estimate of drug-likeness (QED) is 0.798. The minimum Gasteiger partial charge on any atom is -0.368 e. The van der Waals surface area contributed by atoms with Crippen molar-refractivity contribution in [2.75, 3.05) is 31.1 Å². The third-order valence-corrected chi connectivity index (χ3v) is 4.37. The topological polar surface area (TPSA) is 23.6 Å². The molecule has 0 aromatic heterocycles. The Balaban J connectivity index is 2.09. The number of ketones is 1. The zero-order valence-electron chi connectivity index (χ0n) is 11.8. The molecule has 0 spiro atoms. The van der Waals surface area contributed by atoms with Gasteiger partial charge >= 0.3 is 0 Å². The Morgan fingerprint density at radius 3 is 2.32 bits per heavy atom. The molecule has 0 amide bonds. The number of halogens is 1. The van der Waals surface area contributed by atoms with Gasteiger partial charge in [0, 0.05) is 42.3 Å². The monoisotopic (exact) mass is 324 g/mol. The molecule has 3 nitrogen and oxygen atoms in total. The minimum atomic E-state index is 0.108. The van der Waals surface area contributed by atoms with Crippen molar-refractivity contribution in [2.45, 2.75) is 26.8 Å². The van der Waals surface area contributed by atoms with Crippen LogP contribution in [0.15, 0.2) is 22.7 Å². The maximum Gasteiger partial charge on any atom is 0.159 e. The normalized spacial score (nSPS) is 17.0. The fraction of sp³-hybridized carbons (Fsp3) is 0.533. The summed E-state index contributed by atoms with van der Waals surface area (Å²) in [5.41, 5.74) is 1.95. The van der Waals surface area contributed by atoms with Gasteiger partial charge in [-0.2, -0.15) is 0 Å². The van der Waals surface area contributed by atoms with Crippen molar-refractivity contribution in [3.05, 3.63) is 28.2 Å². The van der Waals surface area contributed by atoms with Crippen LogP contribution in [0.4, 0.5) is 5.69 Å².